The fraction of sp³-hybridized carbons (Fsp3) is 0.300. The third kappa shape index (κ3) is 9.55. The largest absolute Gasteiger partial charge is 0.384 e. The van der Waals surface area contributed by atoms with Gasteiger partial charge < -0.3 is 25.7 Å². The van der Waals surface area contributed by atoms with E-state index in [9.17, 15) is 4.79 Å². The number of hydrogen-bond donors (Lipinski definition) is 3. The molecular formula is C40H46N12O3S2. The van der Waals surface area contributed by atoms with Gasteiger partial charge in [0.05, 0.1) is 18.0 Å². The second kappa shape index (κ2) is 17.5. The number of fused-ring (bicyclic) bond motifs is 2. The van der Waals surface area contributed by atoms with Crippen LogP contribution < -0.4 is 16.4 Å². The molecule has 0 saturated heterocycles. The number of carbonyl (C=O) groups is 1. The van der Waals surface area contributed by atoms with Gasteiger partial charge >= 0.3 is 5.97 Å². The predicted molar refractivity (Wildman–Crippen MR) is 228 cm³/mol. The fourth-order valence-corrected chi connectivity index (χ4v) is 6.18. The van der Waals surface area contributed by atoms with Crippen LogP contribution in [0.3, 0.4) is 0 Å². The standard InChI is InChI=1S/C20H22N6O2.C20H20N6O.2H2S/c1-12-11-18(26-17(23-12)9-10-22-26)24-13(2)14-3-7-16(8-4-14)20(27)28-25-19(21)15-5-6-15;1-12-11-18(26-17(22-12)9-10-21-26)23-13(2)14-3-7-16(8-4-14)20-24-19(25-27-20)15-5-6-15;;/h3-4,7-11,13,15,24H,5-6H2,1-2H3,(H2,21,25);3-4,7-11,13,15,23H,5-6H2,1-2H3;2*1H2/t13-;;;/m0.../s1. The van der Waals surface area contributed by atoms with Crippen molar-refractivity contribution < 1.29 is 14.2 Å². The van der Waals surface area contributed by atoms with E-state index in [2.05, 4.69) is 65.2 Å². The average Bonchev–Trinajstić information content (AvgIpc) is 4.07. The van der Waals surface area contributed by atoms with Gasteiger partial charge in [-0.3, -0.25) is 0 Å². The van der Waals surface area contributed by atoms with Crippen molar-refractivity contribution in [2.75, 3.05) is 10.6 Å². The van der Waals surface area contributed by atoms with E-state index < -0.39 is 5.97 Å². The Morgan fingerprint density at radius 3 is 1.82 bits per heavy atom. The Morgan fingerprint density at radius 1 is 0.789 bits per heavy atom. The highest BCUT2D eigenvalue weighted by atomic mass is 32.1. The first-order chi connectivity index (χ1) is 26.7. The number of hydrogen-bond acceptors (Lipinski definition) is 12. The quantitative estimate of drug-likeness (QED) is 0.0509. The molecule has 2 atom stereocenters. The van der Waals surface area contributed by atoms with Gasteiger partial charge in [-0.1, -0.05) is 34.6 Å². The fourth-order valence-electron chi connectivity index (χ4n) is 6.18. The zero-order chi connectivity index (χ0) is 38.1. The summed E-state index contributed by atoms with van der Waals surface area (Å²) in [5, 5.41) is 23.4. The molecule has 2 aromatic carbocycles. The second-order valence-electron chi connectivity index (χ2n) is 14.1. The number of carbonyl (C=O) groups excluding carboxylic acids is 1. The number of benzene rings is 2. The van der Waals surface area contributed by atoms with Crippen molar-refractivity contribution >= 4 is 61.7 Å². The van der Waals surface area contributed by atoms with E-state index in [-0.39, 0.29) is 45.0 Å². The maximum Gasteiger partial charge on any atom is 0.365 e. The first kappa shape index (κ1) is 40.7. The van der Waals surface area contributed by atoms with Crippen molar-refractivity contribution in [3.63, 3.8) is 0 Å². The van der Waals surface area contributed by atoms with Crippen LogP contribution in [-0.2, 0) is 4.84 Å². The number of nitrogens with one attached hydrogen (secondary N) is 2. The molecule has 0 aliphatic heterocycles. The Hall–Kier alpha value is -5.94. The lowest BCUT2D eigenvalue weighted by molar-refractivity contribution is 0.0514. The maximum atomic E-state index is 12.1. The number of anilines is 2. The van der Waals surface area contributed by atoms with Gasteiger partial charge in [0, 0.05) is 65.1 Å². The Kier molecular flexibility index (Phi) is 12.5. The van der Waals surface area contributed by atoms with Crippen molar-refractivity contribution in [3.05, 3.63) is 119 Å². The molecule has 0 spiro atoms. The number of aromatic nitrogens is 8. The number of rotatable bonds is 11. The summed E-state index contributed by atoms with van der Waals surface area (Å²) in [5.41, 5.74) is 12.8. The van der Waals surface area contributed by atoms with E-state index >= 15 is 0 Å². The number of nitrogens with two attached hydrogens (primary N) is 1. The van der Waals surface area contributed by atoms with Crippen LogP contribution in [0.5, 0.6) is 0 Å². The molecule has 0 amide bonds. The molecule has 1 unspecified atom stereocenters. The molecule has 4 N–H and O–H groups in total. The first-order valence-electron chi connectivity index (χ1n) is 18.4. The molecule has 0 bridgehead atoms. The van der Waals surface area contributed by atoms with Crippen molar-refractivity contribution in [1.82, 2.24) is 39.3 Å². The Bertz CT molecular complexity index is 2490. The van der Waals surface area contributed by atoms with Crippen molar-refractivity contribution in [2.45, 2.75) is 71.4 Å². The van der Waals surface area contributed by atoms with Gasteiger partial charge in [-0.15, -0.1) is 0 Å². The molecule has 7 aromatic rings. The van der Waals surface area contributed by atoms with Crippen molar-refractivity contribution in [3.8, 4) is 11.5 Å². The third-order valence-electron chi connectivity index (χ3n) is 9.62. The Labute approximate surface area is 343 Å². The number of oxime groups is 1. The van der Waals surface area contributed by atoms with Gasteiger partial charge in [-0.2, -0.15) is 51.2 Å². The Morgan fingerprint density at radius 2 is 1.32 bits per heavy atom. The van der Waals surface area contributed by atoms with Gasteiger partial charge in [-0.25, -0.2) is 14.8 Å². The van der Waals surface area contributed by atoms with E-state index in [1.165, 1.54) is 12.8 Å². The zero-order valence-electron chi connectivity index (χ0n) is 32.0. The van der Waals surface area contributed by atoms with Crippen LogP contribution in [-0.4, -0.2) is 51.1 Å². The summed E-state index contributed by atoms with van der Waals surface area (Å²) < 4.78 is 8.98. The van der Waals surface area contributed by atoms with Gasteiger partial charge in [-0.05, 0) is 88.8 Å². The van der Waals surface area contributed by atoms with Crippen LogP contribution in [0.15, 0.2) is 94.9 Å². The summed E-state index contributed by atoms with van der Waals surface area (Å²) in [7, 11) is 0. The van der Waals surface area contributed by atoms with Gasteiger partial charge in [0.25, 0.3) is 5.89 Å². The van der Waals surface area contributed by atoms with E-state index in [0.29, 0.717) is 23.2 Å². The lowest BCUT2D eigenvalue weighted by atomic mass is 10.1. The lowest BCUT2D eigenvalue weighted by Crippen LogP contribution is -2.16. The van der Waals surface area contributed by atoms with Gasteiger partial charge in [0.15, 0.2) is 17.1 Å². The highest BCUT2D eigenvalue weighted by Crippen LogP contribution is 2.39. The smallest absolute Gasteiger partial charge is 0.365 e. The summed E-state index contributed by atoms with van der Waals surface area (Å²) in [6.07, 6.45) is 7.82. The molecule has 2 aliphatic rings. The first-order valence-corrected chi connectivity index (χ1v) is 18.4. The number of nitrogens with zero attached hydrogens (tertiary/aromatic N) is 9. The predicted octanol–water partition coefficient (Wildman–Crippen LogP) is 7.41. The second-order valence-corrected chi connectivity index (χ2v) is 14.1. The van der Waals surface area contributed by atoms with Crippen LogP contribution in [0.4, 0.5) is 11.6 Å². The molecule has 15 nitrogen and oxygen atoms in total. The van der Waals surface area contributed by atoms with Crippen LogP contribution >= 0.6 is 27.0 Å². The van der Waals surface area contributed by atoms with Crippen LogP contribution in [0.1, 0.15) is 96.2 Å². The normalized spacial score (nSPS) is 14.8. The molecule has 17 heteroatoms. The minimum atomic E-state index is -0.515. The molecule has 2 fully saturated rings. The van der Waals surface area contributed by atoms with Gasteiger partial charge in [0.2, 0.25) is 0 Å². The summed E-state index contributed by atoms with van der Waals surface area (Å²) in [6, 6.07) is 23.3. The molecule has 5 aromatic heterocycles. The monoisotopic (exact) mass is 806 g/mol. The minimum absolute atomic E-state index is 0. The van der Waals surface area contributed by atoms with Crippen LogP contribution in [0, 0.1) is 19.8 Å². The number of amidine groups is 1. The van der Waals surface area contributed by atoms with E-state index in [1.807, 2.05) is 73.8 Å². The molecule has 296 valence electrons. The summed E-state index contributed by atoms with van der Waals surface area (Å²) in [4.78, 5) is 30.5. The highest BCUT2D eigenvalue weighted by molar-refractivity contribution is 7.59. The molecule has 9 rings (SSSR count). The Balaban J connectivity index is 0.000000186. The van der Waals surface area contributed by atoms with Crippen molar-refractivity contribution in [2.24, 2.45) is 16.8 Å². The van der Waals surface area contributed by atoms with E-state index in [4.69, 9.17) is 15.1 Å². The highest BCUT2D eigenvalue weighted by Gasteiger charge is 2.29. The summed E-state index contributed by atoms with van der Waals surface area (Å²) in [5.74, 6) is 3.83. The van der Waals surface area contributed by atoms with Crippen LogP contribution in [0.2, 0.25) is 0 Å². The zero-order valence-corrected chi connectivity index (χ0v) is 34.0. The topological polar surface area (TPSA) is 188 Å². The summed E-state index contributed by atoms with van der Waals surface area (Å²) in [6.45, 7) is 8.09. The van der Waals surface area contributed by atoms with Crippen LogP contribution in [0.25, 0.3) is 22.7 Å². The summed E-state index contributed by atoms with van der Waals surface area (Å²) >= 11 is 0. The maximum absolute atomic E-state index is 12.1. The van der Waals surface area contributed by atoms with E-state index in [0.717, 1.165) is 69.7 Å². The SMILES string of the molecule is Cc1cc(NC(C)c2ccc(-c3nc(C4CC4)no3)cc2)n2nccc2n1.Cc1cc(N[C@@H](C)c2ccc(C(=O)O/N=C(\N)C3CC3)cc2)n2nccc2n1.S.S. The molecule has 0 radical (unpaired) electrons. The number of aryl methyl sites for hydroxylation is 2. The van der Waals surface area contributed by atoms with Gasteiger partial charge in [0.1, 0.15) is 17.5 Å². The van der Waals surface area contributed by atoms with Crippen molar-refractivity contribution in [1.29, 1.82) is 0 Å². The molecule has 2 saturated carbocycles. The van der Waals surface area contributed by atoms with E-state index in [1.54, 1.807) is 29.0 Å². The molecule has 5 heterocycles. The average molecular weight is 807 g/mol. The minimum Gasteiger partial charge on any atom is -0.384 e. The lowest BCUT2D eigenvalue weighted by Gasteiger charge is -2.17. The molecular weight excluding hydrogens is 761 g/mol. The molecule has 2 aliphatic carbocycles. The molecule has 57 heavy (non-hydrogen) atoms. The third-order valence-corrected chi connectivity index (χ3v) is 9.62.